The van der Waals surface area contributed by atoms with E-state index >= 15 is 0 Å². The Hall–Kier alpha value is -4.98. The lowest BCUT2D eigenvalue weighted by atomic mass is 9.97. The van der Waals surface area contributed by atoms with Gasteiger partial charge in [-0.05, 0) is 30.3 Å². The van der Waals surface area contributed by atoms with Crippen LogP contribution in [-0.4, -0.2) is 33.6 Å². The predicted molar refractivity (Wildman–Crippen MR) is 132 cm³/mol. The zero-order valence-corrected chi connectivity index (χ0v) is 18.9. The first-order valence-corrected chi connectivity index (χ1v) is 11.3. The molecule has 1 N–H and O–H groups in total. The largest absolute Gasteiger partial charge is 0.322 e. The standard InChI is InChI=1S/C28H19N3O5/c32-26(30-22-12-5-7-17-8-6-14-29-25(17)22)23(15-18-16-35-36-24-13-4-3-9-19(18)24)31-27(33)20-10-1-2-11-21(20)28(31)34/h1-14,16,23H,15H2,(H,30,32). The normalized spacial score (nSPS) is 14.9. The van der Waals surface area contributed by atoms with E-state index in [0.717, 1.165) is 10.3 Å². The molecule has 3 aromatic carbocycles. The summed E-state index contributed by atoms with van der Waals surface area (Å²) in [5.74, 6) is -1.08. The summed E-state index contributed by atoms with van der Waals surface area (Å²) in [6.45, 7) is 0. The van der Waals surface area contributed by atoms with Gasteiger partial charge in [0.05, 0.1) is 22.3 Å². The van der Waals surface area contributed by atoms with E-state index in [-0.39, 0.29) is 17.5 Å². The van der Waals surface area contributed by atoms with Crippen LogP contribution in [-0.2, 0) is 9.68 Å². The first kappa shape index (κ1) is 21.5. The molecular formula is C28H19N3O5. The van der Waals surface area contributed by atoms with Crippen molar-refractivity contribution in [1.29, 1.82) is 0 Å². The van der Waals surface area contributed by atoms with Gasteiger partial charge in [-0.3, -0.25) is 34.0 Å². The van der Waals surface area contributed by atoms with Gasteiger partial charge in [-0.15, -0.1) is 0 Å². The third-order valence-corrected chi connectivity index (χ3v) is 6.30. The van der Waals surface area contributed by atoms with E-state index < -0.39 is 23.8 Å². The second-order valence-corrected chi connectivity index (χ2v) is 8.43. The Kier molecular flexibility index (Phi) is 5.19. The van der Waals surface area contributed by atoms with Gasteiger partial charge in [-0.25, -0.2) is 0 Å². The van der Waals surface area contributed by atoms with E-state index in [2.05, 4.69) is 10.3 Å². The van der Waals surface area contributed by atoms with Crippen molar-refractivity contribution in [2.45, 2.75) is 12.5 Å². The molecule has 3 amide bonds. The summed E-state index contributed by atoms with van der Waals surface area (Å²) in [7, 11) is 0. The van der Waals surface area contributed by atoms with E-state index in [1.165, 1.54) is 6.26 Å². The molecule has 1 unspecified atom stereocenters. The number of carbonyl (C=O) groups excluding carboxylic acids is 3. The summed E-state index contributed by atoms with van der Waals surface area (Å²) in [6.07, 6.45) is 3.05. The SMILES string of the molecule is O=C(Nc1cccc2cccnc12)C(CC1=COOc2ccccc21)N1C(=O)c2ccccc2C1=O. The summed E-state index contributed by atoms with van der Waals surface area (Å²) in [6, 6.07) is 21.7. The summed E-state index contributed by atoms with van der Waals surface area (Å²) >= 11 is 0. The van der Waals surface area contributed by atoms with Crippen molar-refractivity contribution in [2.75, 3.05) is 5.32 Å². The monoisotopic (exact) mass is 477 g/mol. The Bertz CT molecular complexity index is 1540. The number of benzene rings is 3. The Morgan fingerprint density at radius 1 is 0.861 bits per heavy atom. The molecule has 4 aromatic rings. The van der Waals surface area contributed by atoms with Crippen LogP contribution >= 0.6 is 0 Å². The molecule has 1 aromatic heterocycles. The number of imide groups is 1. The van der Waals surface area contributed by atoms with Gasteiger partial charge in [0, 0.05) is 29.1 Å². The minimum absolute atomic E-state index is 0.0237. The van der Waals surface area contributed by atoms with Crippen LogP contribution in [0.25, 0.3) is 16.5 Å². The van der Waals surface area contributed by atoms with Crippen LogP contribution in [0.4, 0.5) is 5.69 Å². The van der Waals surface area contributed by atoms with Crippen molar-refractivity contribution in [2.24, 2.45) is 0 Å². The number of amides is 3. The molecule has 3 heterocycles. The number of carbonyl (C=O) groups is 3. The van der Waals surface area contributed by atoms with Gasteiger partial charge in [-0.2, -0.15) is 0 Å². The first-order valence-electron chi connectivity index (χ1n) is 11.3. The number of hydrogen-bond acceptors (Lipinski definition) is 6. The highest BCUT2D eigenvalue weighted by Crippen LogP contribution is 2.36. The van der Waals surface area contributed by atoms with Crippen LogP contribution in [0.2, 0.25) is 0 Å². The van der Waals surface area contributed by atoms with Crippen LogP contribution in [0.1, 0.15) is 32.7 Å². The lowest BCUT2D eigenvalue weighted by Gasteiger charge is -2.27. The van der Waals surface area contributed by atoms with Crippen LogP contribution in [0.5, 0.6) is 5.75 Å². The lowest BCUT2D eigenvalue weighted by Crippen LogP contribution is -2.47. The minimum atomic E-state index is -1.16. The van der Waals surface area contributed by atoms with Crippen LogP contribution in [0, 0.1) is 0 Å². The highest BCUT2D eigenvalue weighted by Gasteiger charge is 2.43. The van der Waals surface area contributed by atoms with E-state index in [1.54, 1.807) is 48.7 Å². The molecule has 1 atom stereocenters. The smallest absolute Gasteiger partial charge is 0.262 e. The number of nitrogens with one attached hydrogen (secondary N) is 1. The summed E-state index contributed by atoms with van der Waals surface area (Å²) < 4.78 is 0. The molecule has 2 aliphatic rings. The quantitative estimate of drug-likeness (QED) is 0.333. The minimum Gasteiger partial charge on any atom is -0.322 e. The van der Waals surface area contributed by atoms with Crippen molar-refractivity contribution < 1.29 is 24.2 Å². The van der Waals surface area contributed by atoms with Crippen molar-refractivity contribution >= 4 is 39.9 Å². The number of aromatic nitrogens is 1. The first-order chi connectivity index (χ1) is 17.6. The molecule has 0 saturated heterocycles. The maximum atomic E-state index is 13.8. The molecule has 6 rings (SSSR count). The lowest BCUT2D eigenvalue weighted by molar-refractivity contribution is -0.152. The average molecular weight is 477 g/mol. The van der Waals surface area contributed by atoms with Crippen molar-refractivity contribution in [3.63, 3.8) is 0 Å². The van der Waals surface area contributed by atoms with Gasteiger partial charge in [0.2, 0.25) is 5.91 Å². The van der Waals surface area contributed by atoms with E-state index in [9.17, 15) is 14.4 Å². The van der Waals surface area contributed by atoms with Crippen LogP contribution in [0.15, 0.2) is 91.3 Å². The Balaban J connectivity index is 1.40. The third kappa shape index (κ3) is 3.56. The van der Waals surface area contributed by atoms with E-state index in [4.69, 9.17) is 9.78 Å². The Morgan fingerprint density at radius 2 is 1.56 bits per heavy atom. The molecule has 36 heavy (non-hydrogen) atoms. The van der Waals surface area contributed by atoms with Gasteiger partial charge in [0.25, 0.3) is 11.8 Å². The fourth-order valence-corrected chi connectivity index (χ4v) is 4.58. The van der Waals surface area contributed by atoms with Gasteiger partial charge >= 0.3 is 0 Å². The fourth-order valence-electron chi connectivity index (χ4n) is 4.58. The molecule has 0 fully saturated rings. The number of anilines is 1. The molecule has 8 heteroatoms. The highest BCUT2D eigenvalue weighted by molar-refractivity contribution is 6.23. The molecule has 0 spiro atoms. The molecule has 0 bridgehead atoms. The maximum Gasteiger partial charge on any atom is 0.262 e. The van der Waals surface area contributed by atoms with Crippen molar-refractivity contribution in [1.82, 2.24) is 9.88 Å². The van der Waals surface area contributed by atoms with Gasteiger partial charge in [0.1, 0.15) is 12.3 Å². The molecule has 176 valence electrons. The molecule has 0 aliphatic carbocycles. The summed E-state index contributed by atoms with van der Waals surface area (Å²) in [5, 5.41) is 3.75. The van der Waals surface area contributed by atoms with Crippen molar-refractivity contribution in [3.8, 4) is 5.75 Å². The van der Waals surface area contributed by atoms with Crippen LogP contribution < -0.4 is 10.2 Å². The van der Waals surface area contributed by atoms with Gasteiger partial charge < -0.3 is 5.32 Å². The average Bonchev–Trinajstić information content (AvgIpc) is 3.17. The number of para-hydroxylation sites is 2. The highest BCUT2D eigenvalue weighted by atomic mass is 17.2. The number of rotatable bonds is 5. The zero-order chi connectivity index (χ0) is 24.6. The number of hydrogen-bond donors (Lipinski definition) is 1. The van der Waals surface area contributed by atoms with Crippen LogP contribution in [0.3, 0.4) is 0 Å². The maximum absolute atomic E-state index is 13.8. The molecule has 2 aliphatic heterocycles. The van der Waals surface area contributed by atoms with Gasteiger partial charge in [-0.1, -0.05) is 48.5 Å². The molecule has 8 nitrogen and oxygen atoms in total. The van der Waals surface area contributed by atoms with Crippen molar-refractivity contribution in [3.05, 3.63) is 108 Å². The predicted octanol–water partition coefficient (Wildman–Crippen LogP) is 4.59. The third-order valence-electron chi connectivity index (χ3n) is 6.30. The number of fused-ring (bicyclic) bond motifs is 3. The summed E-state index contributed by atoms with van der Waals surface area (Å²) in [4.78, 5) is 56.3. The Morgan fingerprint density at radius 3 is 2.33 bits per heavy atom. The number of pyridine rings is 1. The zero-order valence-electron chi connectivity index (χ0n) is 18.9. The molecular weight excluding hydrogens is 458 g/mol. The second kappa shape index (κ2) is 8.66. The molecule has 0 radical (unpaired) electrons. The Labute approximate surface area is 205 Å². The topological polar surface area (TPSA) is 97.8 Å². The summed E-state index contributed by atoms with van der Waals surface area (Å²) in [5.41, 5.74) is 2.95. The van der Waals surface area contributed by atoms with E-state index in [0.29, 0.717) is 28.1 Å². The van der Waals surface area contributed by atoms with Gasteiger partial charge in [0.15, 0.2) is 5.75 Å². The van der Waals surface area contributed by atoms with E-state index in [1.807, 2.05) is 36.4 Å². The number of nitrogens with zero attached hydrogens (tertiary/aromatic N) is 2. The second-order valence-electron chi connectivity index (χ2n) is 8.43. The fraction of sp³-hybridized carbons (Fsp3) is 0.0714. The molecule has 0 saturated carbocycles.